The molecule has 0 unspecified atom stereocenters. The van der Waals surface area contributed by atoms with Crippen LogP contribution in [0.4, 0.5) is 0 Å². The third kappa shape index (κ3) is 3.38. The summed E-state index contributed by atoms with van der Waals surface area (Å²) in [4.78, 5) is 5.28. The van der Waals surface area contributed by atoms with Gasteiger partial charge in [-0.05, 0) is 30.3 Å². The van der Waals surface area contributed by atoms with E-state index in [-0.39, 0.29) is 5.84 Å². The quantitative estimate of drug-likeness (QED) is 0.387. The van der Waals surface area contributed by atoms with Crippen LogP contribution in [0.3, 0.4) is 0 Å². The van der Waals surface area contributed by atoms with Crippen molar-refractivity contribution in [1.29, 1.82) is 0 Å². The van der Waals surface area contributed by atoms with Crippen molar-refractivity contribution >= 4 is 17.6 Å². The van der Waals surface area contributed by atoms with Crippen molar-refractivity contribution in [2.45, 2.75) is 9.92 Å². The zero-order valence-corrected chi connectivity index (χ0v) is 11.1. The second-order valence-corrected chi connectivity index (χ2v) is 4.75. The molecule has 1 aromatic carbocycles. The minimum atomic E-state index is 0.0467. The van der Waals surface area contributed by atoms with Crippen LogP contribution in [0.5, 0.6) is 5.75 Å². The van der Waals surface area contributed by atoms with Gasteiger partial charge >= 0.3 is 0 Å². The van der Waals surface area contributed by atoms with Crippen LogP contribution in [0, 0.1) is 0 Å². The third-order valence-electron chi connectivity index (χ3n) is 2.40. The summed E-state index contributed by atoms with van der Waals surface area (Å²) in [5.74, 6) is 0.851. The van der Waals surface area contributed by atoms with Gasteiger partial charge in [-0.1, -0.05) is 23.0 Å². The largest absolute Gasteiger partial charge is 0.497 e. The van der Waals surface area contributed by atoms with Gasteiger partial charge in [0.1, 0.15) is 10.8 Å². The SMILES string of the molecule is COc1cccc(Sc2ccc(/C(N)=N/O)cn2)c1. The molecular formula is C13H13N3O2S. The van der Waals surface area contributed by atoms with E-state index in [2.05, 4.69) is 10.1 Å². The van der Waals surface area contributed by atoms with Gasteiger partial charge in [0.05, 0.1) is 7.11 Å². The summed E-state index contributed by atoms with van der Waals surface area (Å²) in [6, 6.07) is 11.3. The number of oxime groups is 1. The van der Waals surface area contributed by atoms with Gasteiger partial charge < -0.3 is 15.7 Å². The smallest absolute Gasteiger partial charge is 0.171 e. The molecule has 6 heteroatoms. The average Bonchev–Trinajstić information content (AvgIpc) is 2.47. The lowest BCUT2D eigenvalue weighted by molar-refractivity contribution is 0.318. The summed E-state index contributed by atoms with van der Waals surface area (Å²) in [6.45, 7) is 0. The van der Waals surface area contributed by atoms with Crippen LogP contribution in [0.2, 0.25) is 0 Å². The van der Waals surface area contributed by atoms with E-state index in [1.165, 1.54) is 11.8 Å². The molecule has 0 amide bonds. The van der Waals surface area contributed by atoms with Gasteiger partial charge in [-0.15, -0.1) is 0 Å². The molecule has 5 nitrogen and oxygen atoms in total. The molecule has 0 atom stereocenters. The van der Waals surface area contributed by atoms with Gasteiger partial charge in [-0.25, -0.2) is 4.98 Å². The van der Waals surface area contributed by atoms with Crippen molar-refractivity contribution < 1.29 is 9.94 Å². The summed E-state index contributed by atoms with van der Waals surface area (Å²) in [5, 5.41) is 12.3. The predicted octanol–water partition coefficient (Wildman–Crippen LogP) is 2.34. The van der Waals surface area contributed by atoms with Crippen LogP contribution in [0.1, 0.15) is 5.56 Å². The average molecular weight is 275 g/mol. The van der Waals surface area contributed by atoms with E-state index in [0.29, 0.717) is 5.56 Å². The molecule has 19 heavy (non-hydrogen) atoms. The molecule has 0 spiro atoms. The first-order valence-electron chi connectivity index (χ1n) is 5.49. The highest BCUT2D eigenvalue weighted by Gasteiger charge is 2.03. The Hall–Kier alpha value is -2.21. The standard InChI is InChI=1S/C13H13N3O2S/c1-18-10-3-2-4-11(7-10)19-12-6-5-9(8-15-12)13(14)16-17/h2-8,17H,1H3,(H2,14,16). The molecule has 2 rings (SSSR count). The Morgan fingerprint density at radius 3 is 2.84 bits per heavy atom. The highest BCUT2D eigenvalue weighted by atomic mass is 32.2. The van der Waals surface area contributed by atoms with E-state index in [1.807, 2.05) is 30.3 Å². The fraction of sp³-hybridized carbons (Fsp3) is 0.0769. The molecule has 0 aliphatic carbocycles. The van der Waals surface area contributed by atoms with Crippen LogP contribution in [0.25, 0.3) is 0 Å². The van der Waals surface area contributed by atoms with E-state index < -0.39 is 0 Å². The zero-order chi connectivity index (χ0) is 13.7. The number of benzene rings is 1. The monoisotopic (exact) mass is 275 g/mol. The first-order chi connectivity index (χ1) is 9.22. The Kier molecular flexibility index (Phi) is 4.25. The fourth-order valence-corrected chi connectivity index (χ4v) is 2.24. The van der Waals surface area contributed by atoms with E-state index in [0.717, 1.165) is 15.7 Å². The Morgan fingerprint density at radius 1 is 1.37 bits per heavy atom. The molecular weight excluding hydrogens is 262 g/mol. The highest BCUT2D eigenvalue weighted by molar-refractivity contribution is 7.99. The minimum absolute atomic E-state index is 0.0467. The summed E-state index contributed by atoms with van der Waals surface area (Å²) < 4.78 is 5.16. The van der Waals surface area contributed by atoms with Crippen molar-refractivity contribution in [3.8, 4) is 5.75 Å². The molecule has 0 aliphatic heterocycles. The molecule has 0 saturated carbocycles. The maximum absolute atomic E-state index is 8.57. The van der Waals surface area contributed by atoms with E-state index in [1.54, 1.807) is 19.4 Å². The third-order valence-corrected chi connectivity index (χ3v) is 3.34. The van der Waals surface area contributed by atoms with Crippen LogP contribution < -0.4 is 10.5 Å². The Labute approximate surface area is 115 Å². The summed E-state index contributed by atoms with van der Waals surface area (Å²) in [6.07, 6.45) is 1.57. The fourth-order valence-electron chi connectivity index (χ4n) is 1.44. The maximum atomic E-state index is 8.57. The van der Waals surface area contributed by atoms with Crippen molar-refractivity contribution in [3.63, 3.8) is 0 Å². The molecule has 98 valence electrons. The topological polar surface area (TPSA) is 80.7 Å². The Morgan fingerprint density at radius 2 is 2.21 bits per heavy atom. The van der Waals surface area contributed by atoms with Crippen molar-refractivity contribution in [2.24, 2.45) is 10.9 Å². The molecule has 0 bridgehead atoms. The number of methoxy groups -OCH3 is 1. The number of rotatable bonds is 4. The van der Waals surface area contributed by atoms with Crippen molar-refractivity contribution in [1.82, 2.24) is 4.98 Å². The van der Waals surface area contributed by atoms with Crippen molar-refractivity contribution in [2.75, 3.05) is 7.11 Å². The lowest BCUT2D eigenvalue weighted by Gasteiger charge is -2.04. The van der Waals surface area contributed by atoms with Crippen LogP contribution in [-0.2, 0) is 0 Å². The molecule has 2 aromatic rings. The normalized spacial score (nSPS) is 11.3. The highest BCUT2D eigenvalue weighted by Crippen LogP contribution is 2.28. The number of hydrogen-bond donors (Lipinski definition) is 2. The molecule has 0 fully saturated rings. The molecule has 0 saturated heterocycles. The van der Waals surface area contributed by atoms with Gasteiger partial charge in [-0.3, -0.25) is 0 Å². The lowest BCUT2D eigenvalue weighted by atomic mass is 10.3. The van der Waals surface area contributed by atoms with Crippen molar-refractivity contribution in [3.05, 3.63) is 48.2 Å². The number of nitrogens with two attached hydrogens (primary N) is 1. The predicted molar refractivity (Wildman–Crippen MR) is 73.9 cm³/mol. The number of amidine groups is 1. The summed E-state index contributed by atoms with van der Waals surface area (Å²) in [5.41, 5.74) is 6.05. The van der Waals surface area contributed by atoms with E-state index in [4.69, 9.17) is 15.7 Å². The van der Waals surface area contributed by atoms with Crippen LogP contribution >= 0.6 is 11.8 Å². The van der Waals surface area contributed by atoms with Gasteiger partial charge in [-0.2, -0.15) is 0 Å². The van der Waals surface area contributed by atoms with E-state index in [9.17, 15) is 0 Å². The van der Waals surface area contributed by atoms with Crippen LogP contribution in [0.15, 0.2) is 57.7 Å². The molecule has 3 N–H and O–H groups in total. The molecule has 0 radical (unpaired) electrons. The summed E-state index contributed by atoms with van der Waals surface area (Å²) in [7, 11) is 1.63. The first kappa shape index (κ1) is 13.2. The van der Waals surface area contributed by atoms with Gasteiger partial charge in [0.2, 0.25) is 0 Å². The minimum Gasteiger partial charge on any atom is -0.497 e. The Bertz CT molecular complexity index is 585. The number of nitrogens with zero attached hydrogens (tertiary/aromatic N) is 2. The summed E-state index contributed by atoms with van der Waals surface area (Å²) >= 11 is 1.51. The molecule has 0 aliphatic rings. The van der Waals surface area contributed by atoms with Crippen LogP contribution in [-0.4, -0.2) is 23.1 Å². The van der Waals surface area contributed by atoms with Gasteiger partial charge in [0.25, 0.3) is 0 Å². The lowest BCUT2D eigenvalue weighted by Crippen LogP contribution is -2.13. The maximum Gasteiger partial charge on any atom is 0.171 e. The second-order valence-electron chi connectivity index (χ2n) is 3.65. The number of aromatic nitrogens is 1. The van der Waals surface area contributed by atoms with Gasteiger partial charge in [0.15, 0.2) is 5.84 Å². The van der Waals surface area contributed by atoms with Gasteiger partial charge in [0, 0.05) is 16.7 Å². The van der Waals surface area contributed by atoms with E-state index >= 15 is 0 Å². The number of ether oxygens (including phenoxy) is 1. The second kappa shape index (κ2) is 6.10. The number of hydrogen-bond acceptors (Lipinski definition) is 5. The first-order valence-corrected chi connectivity index (χ1v) is 6.30. The molecule has 1 aromatic heterocycles. The Balaban J connectivity index is 2.15. The number of pyridine rings is 1. The molecule has 1 heterocycles. The zero-order valence-electron chi connectivity index (χ0n) is 10.3.